The van der Waals surface area contributed by atoms with Gasteiger partial charge in [-0.1, -0.05) is 48.5 Å². The second kappa shape index (κ2) is 9.80. The largest absolute Gasteiger partial charge is 0.492 e. The lowest BCUT2D eigenvalue weighted by Gasteiger charge is -2.32. The molecule has 0 unspecified atom stereocenters. The first-order valence-electron chi connectivity index (χ1n) is 10.9. The molecule has 2 aromatic rings. The van der Waals surface area contributed by atoms with E-state index in [1.165, 1.54) is 0 Å². The van der Waals surface area contributed by atoms with Crippen LogP contribution in [0.25, 0.3) is 6.08 Å². The average Bonchev–Trinajstić information content (AvgIpc) is 2.97. The summed E-state index contributed by atoms with van der Waals surface area (Å²) in [6.07, 6.45) is 1.51. The zero-order valence-corrected chi connectivity index (χ0v) is 19.8. The van der Waals surface area contributed by atoms with Gasteiger partial charge in [0.1, 0.15) is 6.61 Å². The van der Waals surface area contributed by atoms with Crippen LogP contribution in [-0.2, 0) is 20.7 Å². The van der Waals surface area contributed by atoms with E-state index in [0.29, 0.717) is 0 Å². The number of carbonyl (C=O) groups is 1. The molecule has 1 amide bonds. The van der Waals surface area contributed by atoms with Crippen LogP contribution in [0.15, 0.2) is 60.1 Å². The van der Waals surface area contributed by atoms with Gasteiger partial charge in [0.25, 0.3) is 0 Å². The third-order valence-corrected chi connectivity index (χ3v) is 5.97. The fourth-order valence-electron chi connectivity index (χ4n) is 3.23. The molecule has 6 nitrogen and oxygen atoms in total. The van der Waals surface area contributed by atoms with Gasteiger partial charge in [-0.3, -0.25) is 0 Å². The number of alkyl carbamates (subject to hydrolysis) is 1. The molecule has 0 bridgehead atoms. The molecule has 0 atom stereocenters. The Morgan fingerprint density at radius 3 is 2.16 bits per heavy atom. The molecule has 7 heteroatoms. The Morgan fingerprint density at radius 2 is 1.59 bits per heavy atom. The first-order chi connectivity index (χ1) is 15.1. The van der Waals surface area contributed by atoms with Crippen LogP contribution >= 0.6 is 0 Å². The molecule has 1 heterocycles. The molecule has 0 aromatic heterocycles. The standard InChI is InChI=1S/C25H33BN2O4/c1-24(2)25(3,4)32-26(31-24)21(16-19-12-14-22(15-13-19)28(5)6)17-27-23(29)30-18-20-10-8-7-9-11-20/h7-16H,17-18H2,1-6H3,(H,27,29). The summed E-state index contributed by atoms with van der Waals surface area (Å²) in [5.74, 6) is 0. The van der Waals surface area contributed by atoms with E-state index in [-0.39, 0.29) is 13.2 Å². The maximum Gasteiger partial charge on any atom is 0.492 e. The number of amides is 1. The molecular formula is C25H33BN2O4. The van der Waals surface area contributed by atoms with Crippen molar-refractivity contribution in [3.63, 3.8) is 0 Å². The predicted octanol–water partition coefficient (Wildman–Crippen LogP) is 4.69. The molecule has 1 fully saturated rings. The number of rotatable bonds is 7. The Hall–Kier alpha value is -2.77. The molecule has 32 heavy (non-hydrogen) atoms. The molecule has 1 aliphatic heterocycles. The van der Waals surface area contributed by atoms with Crippen molar-refractivity contribution in [2.24, 2.45) is 0 Å². The summed E-state index contributed by atoms with van der Waals surface area (Å²) in [6.45, 7) is 8.51. The molecule has 0 radical (unpaired) electrons. The molecule has 2 aromatic carbocycles. The highest BCUT2D eigenvalue weighted by Crippen LogP contribution is 2.38. The van der Waals surface area contributed by atoms with Gasteiger partial charge < -0.3 is 24.3 Å². The Balaban J connectivity index is 1.72. The molecule has 0 spiro atoms. The Kier molecular flexibility index (Phi) is 7.31. The summed E-state index contributed by atoms with van der Waals surface area (Å²) in [4.78, 5) is 14.4. The van der Waals surface area contributed by atoms with Crippen molar-refractivity contribution in [2.75, 3.05) is 25.5 Å². The van der Waals surface area contributed by atoms with E-state index in [9.17, 15) is 4.79 Å². The van der Waals surface area contributed by atoms with E-state index in [0.717, 1.165) is 22.3 Å². The van der Waals surface area contributed by atoms with Crippen molar-refractivity contribution < 1.29 is 18.8 Å². The Bertz CT molecular complexity index is 924. The SMILES string of the molecule is CN(C)c1ccc(C=C(CNC(=O)OCc2ccccc2)B2OC(C)(C)C(C)(C)O2)cc1. The maximum absolute atomic E-state index is 12.3. The second-order valence-corrected chi connectivity index (χ2v) is 9.21. The van der Waals surface area contributed by atoms with E-state index >= 15 is 0 Å². The fraction of sp³-hybridized carbons (Fsp3) is 0.400. The highest BCUT2D eigenvalue weighted by Gasteiger charge is 2.52. The number of nitrogens with zero attached hydrogens (tertiary/aromatic N) is 1. The topological polar surface area (TPSA) is 60.0 Å². The smallest absolute Gasteiger partial charge is 0.445 e. The summed E-state index contributed by atoms with van der Waals surface area (Å²) in [7, 11) is 3.44. The van der Waals surface area contributed by atoms with Gasteiger partial charge in [-0.2, -0.15) is 0 Å². The first kappa shape index (κ1) is 23.9. The average molecular weight is 436 g/mol. The van der Waals surface area contributed by atoms with Crippen LogP contribution < -0.4 is 10.2 Å². The molecule has 1 N–H and O–H groups in total. The third kappa shape index (κ3) is 5.93. The zero-order valence-electron chi connectivity index (χ0n) is 19.8. The highest BCUT2D eigenvalue weighted by molar-refractivity contribution is 6.56. The third-order valence-electron chi connectivity index (χ3n) is 5.97. The highest BCUT2D eigenvalue weighted by atomic mass is 16.7. The van der Waals surface area contributed by atoms with E-state index in [4.69, 9.17) is 14.0 Å². The lowest BCUT2D eigenvalue weighted by atomic mass is 9.77. The zero-order chi connectivity index (χ0) is 23.4. The quantitative estimate of drug-likeness (QED) is 0.638. The Morgan fingerprint density at radius 1 is 1.00 bits per heavy atom. The molecule has 3 rings (SSSR count). The number of hydrogen-bond donors (Lipinski definition) is 1. The van der Waals surface area contributed by atoms with E-state index in [2.05, 4.69) is 17.4 Å². The van der Waals surface area contributed by atoms with Crippen molar-refractivity contribution >= 4 is 25.0 Å². The number of hydrogen-bond acceptors (Lipinski definition) is 5. The van der Waals surface area contributed by atoms with Gasteiger partial charge in [-0.25, -0.2) is 4.79 Å². The number of anilines is 1. The minimum absolute atomic E-state index is 0.216. The van der Waals surface area contributed by atoms with Gasteiger partial charge >= 0.3 is 13.2 Å². The molecule has 0 saturated carbocycles. The van der Waals surface area contributed by atoms with Crippen molar-refractivity contribution in [3.05, 3.63) is 71.2 Å². The number of benzene rings is 2. The molecule has 0 aliphatic carbocycles. The van der Waals surface area contributed by atoms with Crippen molar-refractivity contribution in [1.29, 1.82) is 0 Å². The van der Waals surface area contributed by atoms with Crippen LogP contribution in [-0.4, -0.2) is 45.1 Å². The Labute approximate surface area is 191 Å². The second-order valence-electron chi connectivity index (χ2n) is 9.21. The van der Waals surface area contributed by atoms with Crippen LogP contribution in [0.1, 0.15) is 38.8 Å². The van der Waals surface area contributed by atoms with Crippen molar-refractivity contribution in [2.45, 2.75) is 45.5 Å². The number of nitrogens with one attached hydrogen (secondary N) is 1. The van der Waals surface area contributed by atoms with Crippen LogP contribution in [0.4, 0.5) is 10.5 Å². The summed E-state index contributed by atoms with van der Waals surface area (Å²) < 4.78 is 17.8. The fourth-order valence-corrected chi connectivity index (χ4v) is 3.23. The monoisotopic (exact) mass is 436 g/mol. The van der Waals surface area contributed by atoms with Crippen LogP contribution in [0, 0.1) is 0 Å². The van der Waals surface area contributed by atoms with Gasteiger partial charge in [0.2, 0.25) is 0 Å². The van der Waals surface area contributed by atoms with E-state index < -0.39 is 24.4 Å². The summed E-state index contributed by atoms with van der Waals surface area (Å²) in [5.41, 5.74) is 2.92. The molecule has 170 valence electrons. The van der Waals surface area contributed by atoms with Crippen molar-refractivity contribution in [1.82, 2.24) is 5.32 Å². The maximum atomic E-state index is 12.3. The lowest BCUT2D eigenvalue weighted by Crippen LogP contribution is -2.41. The summed E-state index contributed by atoms with van der Waals surface area (Å²) >= 11 is 0. The van der Waals surface area contributed by atoms with Gasteiger partial charge in [-0.05, 0) is 56.4 Å². The van der Waals surface area contributed by atoms with Gasteiger partial charge in [0.15, 0.2) is 0 Å². The minimum Gasteiger partial charge on any atom is -0.445 e. The molecule has 1 saturated heterocycles. The summed E-state index contributed by atoms with van der Waals surface area (Å²) in [6, 6.07) is 17.8. The first-order valence-corrected chi connectivity index (χ1v) is 10.9. The van der Waals surface area contributed by atoms with E-state index in [1.807, 2.05) is 95.2 Å². The van der Waals surface area contributed by atoms with Crippen LogP contribution in [0.3, 0.4) is 0 Å². The van der Waals surface area contributed by atoms with Gasteiger partial charge in [-0.15, -0.1) is 0 Å². The number of carbonyl (C=O) groups excluding carboxylic acids is 1. The van der Waals surface area contributed by atoms with Crippen molar-refractivity contribution in [3.8, 4) is 0 Å². The predicted molar refractivity (Wildman–Crippen MR) is 129 cm³/mol. The lowest BCUT2D eigenvalue weighted by molar-refractivity contribution is 0.00578. The number of ether oxygens (including phenoxy) is 1. The van der Waals surface area contributed by atoms with Gasteiger partial charge in [0.05, 0.1) is 11.2 Å². The van der Waals surface area contributed by atoms with Crippen LogP contribution in [0.5, 0.6) is 0 Å². The molecular weight excluding hydrogens is 403 g/mol. The minimum atomic E-state index is -0.567. The summed E-state index contributed by atoms with van der Waals surface area (Å²) in [5, 5.41) is 2.84. The van der Waals surface area contributed by atoms with Gasteiger partial charge in [0, 0.05) is 26.3 Å². The normalized spacial score (nSPS) is 17.2. The van der Waals surface area contributed by atoms with Crippen LogP contribution in [0.2, 0.25) is 0 Å². The van der Waals surface area contributed by atoms with E-state index in [1.54, 1.807) is 0 Å². The molecule has 1 aliphatic rings.